The zero-order valence-corrected chi connectivity index (χ0v) is 11.3. The molecule has 1 aromatic rings. The molecule has 1 heterocycles. The maximum absolute atomic E-state index is 11.9. The molecule has 0 aliphatic rings. The van der Waals surface area contributed by atoms with Crippen LogP contribution in [0.2, 0.25) is 0 Å². The molecule has 0 bridgehead atoms. The number of carbonyl (C=O) groups is 2. The second-order valence-corrected chi connectivity index (χ2v) is 4.81. The van der Waals surface area contributed by atoms with Gasteiger partial charge < -0.3 is 9.80 Å². The Balaban J connectivity index is 2.62. The van der Waals surface area contributed by atoms with Gasteiger partial charge in [-0.25, -0.2) is 0 Å². The van der Waals surface area contributed by atoms with Crippen LogP contribution < -0.4 is 4.90 Å². The first-order chi connectivity index (χ1) is 8.12. The molecule has 0 atom stereocenters. The lowest BCUT2D eigenvalue weighted by atomic mass is 10.4. The summed E-state index contributed by atoms with van der Waals surface area (Å²) in [7, 11) is 1.86. The molecule has 0 radical (unpaired) electrons. The van der Waals surface area contributed by atoms with Gasteiger partial charge in [-0.05, 0) is 26.0 Å². The third kappa shape index (κ3) is 3.56. The first-order valence-electron chi connectivity index (χ1n) is 5.66. The van der Waals surface area contributed by atoms with E-state index in [0.29, 0.717) is 11.4 Å². The molecule has 94 valence electrons. The summed E-state index contributed by atoms with van der Waals surface area (Å²) in [4.78, 5) is 26.8. The van der Waals surface area contributed by atoms with E-state index in [1.807, 2.05) is 31.9 Å². The normalized spacial score (nSPS) is 10.1. The quantitative estimate of drug-likeness (QED) is 0.728. The third-order valence-corrected chi connectivity index (χ3v) is 3.72. The van der Waals surface area contributed by atoms with E-state index in [-0.39, 0.29) is 5.91 Å². The molecular formula is C12H18N2O2S. The van der Waals surface area contributed by atoms with E-state index >= 15 is 0 Å². The van der Waals surface area contributed by atoms with Crippen LogP contribution in [0.15, 0.2) is 12.1 Å². The Morgan fingerprint density at radius 2 is 2.00 bits per heavy atom. The van der Waals surface area contributed by atoms with Gasteiger partial charge in [-0.1, -0.05) is 0 Å². The summed E-state index contributed by atoms with van der Waals surface area (Å²) in [5, 5.41) is 0.938. The van der Waals surface area contributed by atoms with Crippen molar-refractivity contribution < 1.29 is 9.59 Å². The second-order valence-electron chi connectivity index (χ2n) is 3.72. The van der Waals surface area contributed by atoms with Gasteiger partial charge >= 0.3 is 0 Å². The Labute approximate surface area is 106 Å². The molecule has 0 aliphatic carbocycles. The minimum absolute atomic E-state index is 0.110. The predicted octanol–water partition coefficient (Wildman–Crippen LogP) is 1.87. The molecule has 0 unspecified atom stereocenters. The lowest BCUT2D eigenvalue weighted by Gasteiger charge is -2.23. The van der Waals surface area contributed by atoms with Gasteiger partial charge in [0.15, 0.2) is 6.29 Å². The highest BCUT2D eigenvalue weighted by Gasteiger charge is 2.13. The third-order valence-electron chi connectivity index (χ3n) is 2.59. The lowest BCUT2D eigenvalue weighted by molar-refractivity contribution is -0.129. The van der Waals surface area contributed by atoms with Crippen LogP contribution in [-0.4, -0.2) is 43.8 Å². The van der Waals surface area contributed by atoms with Crippen molar-refractivity contribution in [3.8, 4) is 0 Å². The Hall–Kier alpha value is -1.36. The summed E-state index contributed by atoms with van der Waals surface area (Å²) in [5.41, 5.74) is 0. The van der Waals surface area contributed by atoms with Gasteiger partial charge in [0.05, 0.1) is 16.4 Å². The van der Waals surface area contributed by atoms with Gasteiger partial charge in [0, 0.05) is 20.1 Å². The minimum Gasteiger partial charge on any atom is -0.357 e. The van der Waals surface area contributed by atoms with Crippen molar-refractivity contribution in [1.29, 1.82) is 0 Å². The van der Waals surface area contributed by atoms with E-state index in [1.165, 1.54) is 11.3 Å². The molecule has 0 aliphatic heterocycles. The summed E-state index contributed by atoms with van der Waals surface area (Å²) < 4.78 is 0. The predicted molar refractivity (Wildman–Crippen MR) is 70.9 cm³/mol. The zero-order valence-electron chi connectivity index (χ0n) is 10.5. The Morgan fingerprint density at radius 1 is 1.35 bits per heavy atom. The number of anilines is 1. The maximum atomic E-state index is 11.9. The number of hydrogen-bond donors (Lipinski definition) is 0. The van der Waals surface area contributed by atoms with Crippen LogP contribution in [0.25, 0.3) is 0 Å². The van der Waals surface area contributed by atoms with Crippen molar-refractivity contribution in [3.05, 3.63) is 17.0 Å². The highest BCUT2D eigenvalue weighted by atomic mass is 32.1. The van der Waals surface area contributed by atoms with Gasteiger partial charge in [0.1, 0.15) is 0 Å². The van der Waals surface area contributed by atoms with Crippen LogP contribution in [0.5, 0.6) is 0 Å². The first-order valence-corrected chi connectivity index (χ1v) is 6.47. The van der Waals surface area contributed by atoms with Gasteiger partial charge in [-0.3, -0.25) is 9.59 Å². The van der Waals surface area contributed by atoms with Crippen LogP contribution in [0.1, 0.15) is 23.5 Å². The van der Waals surface area contributed by atoms with E-state index < -0.39 is 0 Å². The molecule has 1 amide bonds. The van der Waals surface area contributed by atoms with Crippen LogP contribution in [-0.2, 0) is 4.79 Å². The molecule has 0 fully saturated rings. The Kier molecular flexibility index (Phi) is 5.15. The van der Waals surface area contributed by atoms with Gasteiger partial charge in [-0.15, -0.1) is 11.3 Å². The topological polar surface area (TPSA) is 40.6 Å². The van der Waals surface area contributed by atoms with Gasteiger partial charge in [0.25, 0.3) is 0 Å². The second kappa shape index (κ2) is 6.39. The first kappa shape index (κ1) is 13.7. The minimum atomic E-state index is 0.110. The fraction of sp³-hybridized carbons (Fsp3) is 0.500. The molecule has 0 N–H and O–H groups in total. The van der Waals surface area contributed by atoms with Gasteiger partial charge in [0.2, 0.25) is 5.91 Å². The summed E-state index contributed by atoms with van der Waals surface area (Å²) >= 11 is 1.40. The van der Waals surface area contributed by atoms with Crippen LogP contribution in [0.3, 0.4) is 0 Å². The standard InChI is InChI=1S/C12H18N2O2S/c1-4-14(5-2)11(16)8-13(3)12-7-6-10(9-15)17-12/h6-7,9H,4-5,8H2,1-3H3. The molecule has 0 aromatic carbocycles. The van der Waals surface area contributed by atoms with Crippen LogP contribution in [0.4, 0.5) is 5.00 Å². The number of rotatable bonds is 6. The monoisotopic (exact) mass is 254 g/mol. The van der Waals surface area contributed by atoms with E-state index in [9.17, 15) is 9.59 Å². The summed E-state index contributed by atoms with van der Waals surface area (Å²) in [6.07, 6.45) is 0.828. The number of thiophene rings is 1. The maximum Gasteiger partial charge on any atom is 0.242 e. The van der Waals surface area contributed by atoms with Crippen molar-refractivity contribution in [3.63, 3.8) is 0 Å². The number of amides is 1. The highest BCUT2D eigenvalue weighted by Crippen LogP contribution is 2.23. The molecule has 5 heteroatoms. The number of likely N-dealkylation sites (N-methyl/N-ethyl adjacent to an activating group) is 2. The lowest BCUT2D eigenvalue weighted by Crippen LogP contribution is -2.38. The number of nitrogens with zero attached hydrogens (tertiary/aromatic N) is 2. The molecule has 0 saturated carbocycles. The summed E-state index contributed by atoms with van der Waals surface area (Å²) in [6, 6.07) is 3.63. The molecule has 4 nitrogen and oxygen atoms in total. The van der Waals surface area contributed by atoms with Crippen molar-refractivity contribution >= 4 is 28.5 Å². The van der Waals surface area contributed by atoms with Crippen molar-refractivity contribution in [1.82, 2.24) is 4.90 Å². The molecule has 1 rings (SSSR count). The molecule has 17 heavy (non-hydrogen) atoms. The SMILES string of the molecule is CCN(CC)C(=O)CN(C)c1ccc(C=O)s1. The van der Waals surface area contributed by atoms with Crippen molar-refractivity contribution in [2.24, 2.45) is 0 Å². The number of hydrogen-bond acceptors (Lipinski definition) is 4. The fourth-order valence-electron chi connectivity index (χ4n) is 1.57. The molecule has 0 spiro atoms. The zero-order chi connectivity index (χ0) is 12.8. The smallest absolute Gasteiger partial charge is 0.242 e. The Morgan fingerprint density at radius 3 is 2.47 bits per heavy atom. The van der Waals surface area contributed by atoms with E-state index in [1.54, 1.807) is 11.0 Å². The van der Waals surface area contributed by atoms with Crippen LogP contribution in [0, 0.1) is 0 Å². The van der Waals surface area contributed by atoms with Crippen molar-refractivity contribution in [2.75, 3.05) is 31.6 Å². The molecule has 0 saturated heterocycles. The summed E-state index contributed by atoms with van der Waals surface area (Å²) in [5.74, 6) is 0.110. The van der Waals surface area contributed by atoms with Crippen LogP contribution >= 0.6 is 11.3 Å². The largest absolute Gasteiger partial charge is 0.357 e. The van der Waals surface area contributed by atoms with E-state index in [0.717, 1.165) is 24.4 Å². The average Bonchev–Trinajstić information content (AvgIpc) is 2.79. The molecular weight excluding hydrogens is 236 g/mol. The highest BCUT2D eigenvalue weighted by molar-refractivity contribution is 7.17. The molecule has 1 aromatic heterocycles. The summed E-state index contributed by atoms with van der Waals surface area (Å²) in [6.45, 7) is 5.75. The fourth-order valence-corrected chi connectivity index (χ4v) is 2.35. The number of aldehydes is 1. The van der Waals surface area contributed by atoms with Gasteiger partial charge in [-0.2, -0.15) is 0 Å². The average molecular weight is 254 g/mol. The van der Waals surface area contributed by atoms with Crippen molar-refractivity contribution in [2.45, 2.75) is 13.8 Å². The Bertz CT molecular complexity index is 386. The van der Waals surface area contributed by atoms with E-state index in [2.05, 4.69) is 0 Å². The van der Waals surface area contributed by atoms with E-state index in [4.69, 9.17) is 0 Å². The number of carbonyl (C=O) groups excluding carboxylic acids is 2.